The highest BCUT2D eigenvalue weighted by Gasteiger charge is 2.62. The molecule has 1 amide bonds. The van der Waals surface area contributed by atoms with Crippen molar-refractivity contribution in [3.8, 4) is 0 Å². The number of nitrogens with zero attached hydrogens (tertiary/aromatic N) is 2. The van der Waals surface area contributed by atoms with Gasteiger partial charge < -0.3 is 15.1 Å². The summed E-state index contributed by atoms with van der Waals surface area (Å²) in [5.74, 6) is -0.478. The van der Waals surface area contributed by atoms with Crippen LogP contribution in [0.3, 0.4) is 0 Å². The summed E-state index contributed by atoms with van der Waals surface area (Å²) in [7, 11) is 3.54. The molecule has 2 aliphatic heterocycles. The first-order chi connectivity index (χ1) is 9.76. The maximum atomic E-state index is 13.4. The Hall–Kier alpha value is -0.820. The van der Waals surface area contributed by atoms with Crippen molar-refractivity contribution in [3.05, 3.63) is 0 Å². The number of piperidine rings is 1. The molecular formula is C14H24F3N3O. The van der Waals surface area contributed by atoms with Gasteiger partial charge in [0.25, 0.3) is 0 Å². The first kappa shape index (κ1) is 16.5. The van der Waals surface area contributed by atoms with E-state index in [1.54, 1.807) is 0 Å². The highest BCUT2D eigenvalue weighted by atomic mass is 19.4. The van der Waals surface area contributed by atoms with Crippen molar-refractivity contribution in [1.82, 2.24) is 15.1 Å². The molecule has 2 saturated heterocycles. The standard InChI is InChI=1S/C14H24F3N3O/c1-19-7-3-11(4-8-19)9-20(2)12(21)13(14(15,16)17)5-6-18-10-13/h11,18H,3-10H2,1-2H3. The molecule has 0 saturated carbocycles. The lowest BCUT2D eigenvalue weighted by molar-refractivity contribution is -0.221. The molecule has 122 valence electrons. The summed E-state index contributed by atoms with van der Waals surface area (Å²) in [5, 5.41) is 2.69. The second-order valence-electron chi connectivity index (χ2n) is 6.44. The Labute approximate surface area is 123 Å². The maximum Gasteiger partial charge on any atom is 0.404 e. The van der Waals surface area contributed by atoms with Crippen LogP contribution in [0.25, 0.3) is 0 Å². The summed E-state index contributed by atoms with van der Waals surface area (Å²) in [6.45, 7) is 2.25. The van der Waals surface area contributed by atoms with E-state index in [0.717, 1.165) is 25.9 Å². The van der Waals surface area contributed by atoms with Gasteiger partial charge in [0.2, 0.25) is 5.91 Å². The third-order valence-electron chi connectivity index (χ3n) is 4.82. The van der Waals surface area contributed by atoms with Gasteiger partial charge in [-0.3, -0.25) is 4.79 Å². The summed E-state index contributed by atoms with van der Waals surface area (Å²) in [6.07, 6.45) is -2.78. The SMILES string of the molecule is CN1CCC(CN(C)C(=O)C2(C(F)(F)F)CCNC2)CC1. The molecule has 7 heteroatoms. The van der Waals surface area contributed by atoms with E-state index >= 15 is 0 Å². The van der Waals surface area contributed by atoms with Crippen molar-refractivity contribution in [3.63, 3.8) is 0 Å². The normalized spacial score (nSPS) is 28.8. The average Bonchev–Trinajstić information content (AvgIpc) is 2.90. The summed E-state index contributed by atoms with van der Waals surface area (Å²) in [6, 6.07) is 0. The van der Waals surface area contributed by atoms with E-state index in [4.69, 9.17) is 0 Å². The Morgan fingerprint density at radius 1 is 1.38 bits per heavy atom. The molecule has 0 spiro atoms. The quantitative estimate of drug-likeness (QED) is 0.854. The Kier molecular flexibility index (Phi) is 4.82. The van der Waals surface area contributed by atoms with Gasteiger partial charge in [-0.05, 0) is 51.9 Å². The number of hydrogen-bond donors (Lipinski definition) is 1. The number of likely N-dealkylation sites (tertiary alicyclic amines) is 1. The van der Waals surface area contributed by atoms with Gasteiger partial charge in [0.05, 0.1) is 0 Å². The van der Waals surface area contributed by atoms with Crippen LogP contribution in [0.1, 0.15) is 19.3 Å². The van der Waals surface area contributed by atoms with Crippen LogP contribution in [-0.2, 0) is 4.79 Å². The van der Waals surface area contributed by atoms with Crippen molar-refractivity contribution >= 4 is 5.91 Å². The Morgan fingerprint density at radius 3 is 2.48 bits per heavy atom. The molecule has 0 radical (unpaired) electrons. The second kappa shape index (κ2) is 6.12. The van der Waals surface area contributed by atoms with Crippen molar-refractivity contribution in [1.29, 1.82) is 0 Å². The smallest absolute Gasteiger partial charge is 0.345 e. The summed E-state index contributed by atoms with van der Waals surface area (Å²) >= 11 is 0. The molecule has 1 N–H and O–H groups in total. The number of hydrogen-bond acceptors (Lipinski definition) is 3. The fourth-order valence-corrected chi connectivity index (χ4v) is 3.32. The topological polar surface area (TPSA) is 35.6 Å². The van der Waals surface area contributed by atoms with Crippen molar-refractivity contribution < 1.29 is 18.0 Å². The Morgan fingerprint density at radius 2 is 2.00 bits per heavy atom. The zero-order chi connectivity index (χ0) is 15.7. The Balaban J connectivity index is 2.00. The minimum absolute atomic E-state index is 0.160. The van der Waals surface area contributed by atoms with E-state index in [1.807, 2.05) is 7.05 Å². The van der Waals surface area contributed by atoms with Crippen LogP contribution in [0.4, 0.5) is 13.2 Å². The minimum Gasteiger partial charge on any atom is -0.345 e. The summed E-state index contributed by atoms with van der Waals surface area (Å²) < 4.78 is 40.1. The van der Waals surface area contributed by atoms with E-state index in [0.29, 0.717) is 12.5 Å². The molecule has 2 rings (SSSR count). The van der Waals surface area contributed by atoms with E-state index < -0.39 is 17.5 Å². The molecule has 2 aliphatic rings. The fourth-order valence-electron chi connectivity index (χ4n) is 3.32. The van der Waals surface area contributed by atoms with Gasteiger partial charge in [0, 0.05) is 20.1 Å². The lowest BCUT2D eigenvalue weighted by Gasteiger charge is -2.36. The van der Waals surface area contributed by atoms with Crippen LogP contribution in [-0.4, -0.2) is 68.7 Å². The number of carbonyl (C=O) groups is 1. The Bertz CT molecular complexity index is 372. The summed E-state index contributed by atoms with van der Waals surface area (Å²) in [5.41, 5.74) is -2.23. The van der Waals surface area contributed by atoms with Crippen LogP contribution in [0.5, 0.6) is 0 Å². The third-order valence-corrected chi connectivity index (χ3v) is 4.82. The molecule has 1 unspecified atom stereocenters. The van der Waals surface area contributed by atoms with Gasteiger partial charge in [-0.2, -0.15) is 13.2 Å². The van der Waals surface area contributed by atoms with Crippen LogP contribution in [0.2, 0.25) is 0 Å². The van der Waals surface area contributed by atoms with E-state index in [2.05, 4.69) is 10.2 Å². The minimum atomic E-state index is -4.49. The van der Waals surface area contributed by atoms with E-state index in [9.17, 15) is 18.0 Å². The summed E-state index contributed by atoms with van der Waals surface area (Å²) in [4.78, 5) is 15.9. The molecule has 0 aliphatic carbocycles. The zero-order valence-corrected chi connectivity index (χ0v) is 12.7. The molecule has 0 aromatic heterocycles. The average molecular weight is 307 g/mol. The van der Waals surface area contributed by atoms with E-state index in [-0.39, 0.29) is 19.5 Å². The molecule has 4 nitrogen and oxygen atoms in total. The van der Waals surface area contributed by atoms with Gasteiger partial charge in [0.15, 0.2) is 5.41 Å². The lowest BCUT2D eigenvalue weighted by Crippen LogP contribution is -2.53. The van der Waals surface area contributed by atoms with Crippen LogP contribution < -0.4 is 5.32 Å². The molecule has 1 atom stereocenters. The fraction of sp³-hybridized carbons (Fsp3) is 0.929. The highest BCUT2D eigenvalue weighted by molar-refractivity contribution is 5.84. The first-order valence-electron chi connectivity index (χ1n) is 7.48. The lowest BCUT2D eigenvalue weighted by atomic mass is 9.84. The maximum absolute atomic E-state index is 13.4. The predicted octanol–water partition coefficient (Wildman–Crippen LogP) is 1.33. The second-order valence-corrected chi connectivity index (χ2v) is 6.44. The third kappa shape index (κ3) is 3.34. The molecule has 2 fully saturated rings. The van der Waals surface area contributed by atoms with Crippen molar-refractivity contribution in [2.45, 2.75) is 25.4 Å². The molecule has 0 bridgehead atoms. The van der Waals surface area contributed by atoms with Gasteiger partial charge in [-0.25, -0.2) is 0 Å². The first-order valence-corrected chi connectivity index (χ1v) is 7.48. The molecular weight excluding hydrogens is 283 g/mol. The van der Waals surface area contributed by atoms with Crippen molar-refractivity contribution in [2.75, 3.05) is 46.8 Å². The monoisotopic (exact) mass is 307 g/mol. The number of nitrogens with one attached hydrogen (secondary N) is 1. The van der Waals surface area contributed by atoms with Crippen LogP contribution >= 0.6 is 0 Å². The van der Waals surface area contributed by atoms with Crippen LogP contribution in [0.15, 0.2) is 0 Å². The van der Waals surface area contributed by atoms with Crippen molar-refractivity contribution in [2.24, 2.45) is 11.3 Å². The number of halogens is 3. The number of carbonyl (C=O) groups excluding carboxylic acids is 1. The van der Waals surface area contributed by atoms with Gasteiger partial charge in [-0.1, -0.05) is 0 Å². The number of alkyl halides is 3. The number of rotatable bonds is 3. The van der Waals surface area contributed by atoms with E-state index in [1.165, 1.54) is 11.9 Å². The van der Waals surface area contributed by atoms with Gasteiger partial charge in [-0.15, -0.1) is 0 Å². The van der Waals surface area contributed by atoms with Gasteiger partial charge in [0.1, 0.15) is 0 Å². The van der Waals surface area contributed by atoms with Gasteiger partial charge >= 0.3 is 6.18 Å². The predicted molar refractivity (Wildman–Crippen MR) is 73.8 cm³/mol. The zero-order valence-electron chi connectivity index (χ0n) is 12.7. The molecule has 0 aromatic carbocycles. The molecule has 2 heterocycles. The number of amides is 1. The molecule has 21 heavy (non-hydrogen) atoms. The van der Waals surface area contributed by atoms with Crippen LogP contribution in [0, 0.1) is 11.3 Å². The highest BCUT2D eigenvalue weighted by Crippen LogP contribution is 2.44. The molecule has 0 aromatic rings. The largest absolute Gasteiger partial charge is 0.404 e.